The van der Waals surface area contributed by atoms with Crippen molar-refractivity contribution >= 4 is 27.8 Å². The lowest BCUT2D eigenvalue weighted by Gasteiger charge is -2.18. The van der Waals surface area contributed by atoms with Gasteiger partial charge < -0.3 is 5.32 Å². The molecule has 0 saturated heterocycles. The predicted molar refractivity (Wildman–Crippen MR) is 150 cm³/mol. The van der Waals surface area contributed by atoms with Gasteiger partial charge in [0.05, 0.1) is 33.9 Å². The standard InChI is InChI=1S/C28H32N8O2S/c1-4-16(3)36-27-20(34-26(28(36)37)30-13-17-6-11-21(29-12-17)39(38)5-2)14-31-25(35-27)22-23(18-7-8-18)32-15-33-24(22)19-9-10-19/h6,11-12,14-16,18-19H,4-5,7-10,13H2,1-3H3,(H,30,34)/t16-,39?/m1/s1. The molecular formula is C28H32N8O2S. The number of nitrogens with one attached hydrogen (secondary N) is 1. The van der Waals surface area contributed by atoms with Gasteiger partial charge in [0, 0.05) is 36.4 Å². The minimum atomic E-state index is -1.10. The predicted octanol–water partition coefficient (Wildman–Crippen LogP) is 4.50. The Morgan fingerprint density at radius 3 is 2.31 bits per heavy atom. The first kappa shape index (κ1) is 25.7. The van der Waals surface area contributed by atoms with Crippen LogP contribution in [0.5, 0.6) is 0 Å². The molecule has 6 rings (SSSR count). The van der Waals surface area contributed by atoms with E-state index in [-0.39, 0.29) is 17.4 Å². The normalized spacial score (nSPS) is 16.8. The highest BCUT2D eigenvalue weighted by atomic mass is 32.2. The Bertz CT molecular complexity index is 1580. The van der Waals surface area contributed by atoms with Gasteiger partial charge in [0.2, 0.25) is 0 Å². The molecule has 2 saturated carbocycles. The molecule has 0 aromatic carbocycles. The Hall–Kier alpha value is -3.60. The molecule has 0 bridgehead atoms. The highest BCUT2D eigenvalue weighted by molar-refractivity contribution is 7.84. The molecule has 0 spiro atoms. The summed E-state index contributed by atoms with van der Waals surface area (Å²) in [6.07, 6.45) is 10.3. The Morgan fingerprint density at radius 2 is 1.72 bits per heavy atom. The number of hydrogen-bond acceptors (Lipinski definition) is 9. The molecule has 2 fully saturated rings. The lowest BCUT2D eigenvalue weighted by molar-refractivity contribution is 0.526. The van der Waals surface area contributed by atoms with Gasteiger partial charge in [-0.2, -0.15) is 0 Å². The van der Waals surface area contributed by atoms with Crippen LogP contribution in [0.3, 0.4) is 0 Å². The first-order valence-corrected chi connectivity index (χ1v) is 15.0. The lowest BCUT2D eigenvalue weighted by atomic mass is 10.0. The molecule has 1 N–H and O–H groups in total. The number of nitrogens with zero attached hydrogens (tertiary/aromatic N) is 7. The third kappa shape index (κ3) is 5.07. The monoisotopic (exact) mass is 544 g/mol. The van der Waals surface area contributed by atoms with Gasteiger partial charge in [-0.05, 0) is 50.7 Å². The topological polar surface area (TPSA) is 128 Å². The minimum absolute atomic E-state index is 0.0888. The SMILES string of the molecule is CC[C@@H](C)n1c(=O)c(NCc2ccc(S(=O)CC)nc2)nc2cnc(-c3c(C4CC4)ncnc3C3CC3)nc21. The molecule has 4 heterocycles. The van der Waals surface area contributed by atoms with Gasteiger partial charge in [0.25, 0.3) is 5.56 Å². The highest BCUT2D eigenvalue weighted by Gasteiger charge is 2.35. The van der Waals surface area contributed by atoms with E-state index in [0.717, 1.165) is 54.6 Å². The summed E-state index contributed by atoms with van der Waals surface area (Å²) in [6, 6.07) is 3.54. The average Bonchev–Trinajstić information content (AvgIpc) is 3.89. The van der Waals surface area contributed by atoms with Crippen LogP contribution in [0.2, 0.25) is 0 Å². The molecule has 4 aromatic heterocycles. The molecule has 0 radical (unpaired) electrons. The fourth-order valence-electron chi connectivity index (χ4n) is 4.79. The van der Waals surface area contributed by atoms with E-state index < -0.39 is 10.8 Å². The zero-order chi connectivity index (χ0) is 27.1. The second-order valence-electron chi connectivity index (χ2n) is 10.4. The quantitative estimate of drug-likeness (QED) is 0.307. The van der Waals surface area contributed by atoms with Gasteiger partial charge in [0.1, 0.15) is 16.9 Å². The third-order valence-electron chi connectivity index (χ3n) is 7.47. The van der Waals surface area contributed by atoms with Gasteiger partial charge in [-0.3, -0.25) is 13.6 Å². The number of anilines is 1. The van der Waals surface area contributed by atoms with Crippen LogP contribution in [-0.2, 0) is 17.3 Å². The largest absolute Gasteiger partial charge is 0.361 e. The van der Waals surface area contributed by atoms with Crippen molar-refractivity contribution in [3.63, 3.8) is 0 Å². The van der Waals surface area contributed by atoms with E-state index in [0.29, 0.717) is 46.1 Å². The number of aromatic nitrogens is 7. The molecule has 4 aromatic rings. The molecule has 10 nitrogen and oxygen atoms in total. The summed E-state index contributed by atoms with van der Waals surface area (Å²) < 4.78 is 13.7. The molecule has 39 heavy (non-hydrogen) atoms. The van der Waals surface area contributed by atoms with E-state index in [2.05, 4.69) is 25.3 Å². The van der Waals surface area contributed by atoms with Crippen molar-refractivity contribution in [3.05, 3.63) is 58.2 Å². The molecular weight excluding hydrogens is 512 g/mol. The number of rotatable bonds is 10. The van der Waals surface area contributed by atoms with Gasteiger partial charge in [-0.25, -0.2) is 29.9 Å². The van der Waals surface area contributed by atoms with E-state index in [4.69, 9.17) is 9.97 Å². The summed E-state index contributed by atoms with van der Waals surface area (Å²) in [5.74, 6) is 2.17. The second-order valence-corrected chi connectivity index (χ2v) is 12.0. The van der Waals surface area contributed by atoms with Gasteiger partial charge >= 0.3 is 0 Å². The molecule has 2 aliphatic carbocycles. The van der Waals surface area contributed by atoms with Crippen LogP contribution in [0.25, 0.3) is 22.6 Å². The molecule has 0 aliphatic heterocycles. The maximum Gasteiger partial charge on any atom is 0.295 e. The van der Waals surface area contributed by atoms with Crippen molar-refractivity contribution in [2.45, 2.75) is 82.3 Å². The van der Waals surface area contributed by atoms with Crippen molar-refractivity contribution in [2.24, 2.45) is 0 Å². The fourth-order valence-corrected chi connectivity index (χ4v) is 5.47. The summed E-state index contributed by atoms with van der Waals surface area (Å²) in [6.45, 7) is 6.28. The van der Waals surface area contributed by atoms with Crippen molar-refractivity contribution < 1.29 is 4.21 Å². The van der Waals surface area contributed by atoms with Crippen LogP contribution in [0.1, 0.15) is 87.7 Å². The lowest BCUT2D eigenvalue weighted by Crippen LogP contribution is -2.28. The van der Waals surface area contributed by atoms with E-state index >= 15 is 0 Å². The molecule has 0 amide bonds. The maximum absolute atomic E-state index is 13.7. The fraction of sp³-hybridized carbons (Fsp3) is 0.464. The van der Waals surface area contributed by atoms with Crippen LogP contribution < -0.4 is 10.9 Å². The highest BCUT2D eigenvalue weighted by Crippen LogP contribution is 2.48. The van der Waals surface area contributed by atoms with Crippen LogP contribution >= 0.6 is 0 Å². The maximum atomic E-state index is 13.7. The van der Waals surface area contributed by atoms with Crippen LogP contribution in [0.4, 0.5) is 5.82 Å². The van der Waals surface area contributed by atoms with Crippen LogP contribution in [-0.4, -0.2) is 44.4 Å². The summed E-state index contributed by atoms with van der Waals surface area (Å²) >= 11 is 0. The van der Waals surface area contributed by atoms with E-state index in [1.54, 1.807) is 29.4 Å². The number of pyridine rings is 1. The second kappa shape index (κ2) is 10.5. The van der Waals surface area contributed by atoms with E-state index in [1.165, 1.54) is 0 Å². The minimum Gasteiger partial charge on any atom is -0.361 e. The number of hydrogen-bond donors (Lipinski definition) is 1. The van der Waals surface area contributed by atoms with Crippen molar-refractivity contribution in [2.75, 3.05) is 11.1 Å². The van der Waals surface area contributed by atoms with Crippen LogP contribution in [0, 0.1) is 0 Å². The van der Waals surface area contributed by atoms with Gasteiger partial charge in [-0.1, -0.05) is 19.9 Å². The summed E-state index contributed by atoms with van der Waals surface area (Å²) in [5, 5.41) is 3.73. The Morgan fingerprint density at radius 1 is 1.00 bits per heavy atom. The van der Waals surface area contributed by atoms with Gasteiger partial charge in [0.15, 0.2) is 17.3 Å². The number of fused-ring (bicyclic) bond motifs is 1. The molecule has 1 unspecified atom stereocenters. The first-order valence-electron chi connectivity index (χ1n) is 13.7. The Kier molecular flexibility index (Phi) is 6.92. The Labute approximate surface area is 229 Å². The van der Waals surface area contributed by atoms with Crippen molar-refractivity contribution in [3.8, 4) is 11.4 Å². The zero-order valence-electron chi connectivity index (χ0n) is 22.4. The molecule has 2 atom stereocenters. The summed E-state index contributed by atoms with van der Waals surface area (Å²) in [5.41, 5.74) is 4.69. The van der Waals surface area contributed by atoms with E-state index in [1.807, 2.05) is 26.8 Å². The molecule has 202 valence electrons. The van der Waals surface area contributed by atoms with E-state index in [9.17, 15) is 9.00 Å². The molecule has 11 heteroatoms. The van der Waals surface area contributed by atoms with Crippen molar-refractivity contribution in [1.29, 1.82) is 0 Å². The smallest absolute Gasteiger partial charge is 0.295 e. The Balaban J connectivity index is 1.39. The van der Waals surface area contributed by atoms with Crippen LogP contribution in [0.15, 0.2) is 40.7 Å². The average molecular weight is 545 g/mol. The molecule has 2 aliphatic rings. The first-order chi connectivity index (χ1) is 19.0. The summed E-state index contributed by atoms with van der Waals surface area (Å²) in [7, 11) is -1.10. The summed E-state index contributed by atoms with van der Waals surface area (Å²) in [4.78, 5) is 41.6. The van der Waals surface area contributed by atoms with Gasteiger partial charge in [-0.15, -0.1) is 0 Å². The third-order valence-corrected chi connectivity index (χ3v) is 8.71. The van der Waals surface area contributed by atoms with Crippen molar-refractivity contribution in [1.82, 2.24) is 34.5 Å². The zero-order valence-corrected chi connectivity index (χ0v) is 23.2.